The fourth-order valence-corrected chi connectivity index (χ4v) is 5.07. The normalized spacial score (nSPS) is 23.0. The second-order valence-corrected chi connectivity index (χ2v) is 11.9. The zero-order valence-electron chi connectivity index (χ0n) is 21.0. The summed E-state index contributed by atoms with van der Waals surface area (Å²) in [7, 11) is -2.65. The Morgan fingerprint density at radius 2 is 1.36 bits per heavy atom. The van der Waals surface area contributed by atoms with Crippen LogP contribution in [0, 0.1) is 0 Å². The van der Waals surface area contributed by atoms with Gasteiger partial charge >= 0.3 is 25.8 Å². The molecular weight excluding hydrogens is 460 g/mol. The smallest absolute Gasteiger partial charge is 0.420 e. The van der Waals surface area contributed by atoms with E-state index in [2.05, 4.69) is 0 Å². The highest BCUT2D eigenvalue weighted by Gasteiger charge is 2.81. The number of halogens is 1. The molecule has 0 bridgehead atoms. The predicted octanol–water partition coefficient (Wildman–Crippen LogP) is 4.84. The van der Waals surface area contributed by atoms with Crippen molar-refractivity contribution in [1.82, 2.24) is 4.90 Å². The van der Waals surface area contributed by atoms with Crippen LogP contribution in [-0.2, 0) is 32.6 Å². The Bertz CT molecular complexity index is 754. The van der Waals surface area contributed by atoms with Crippen LogP contribution in [0.5, 0.6) is 0 Å². The lowest BCUT2D eigenvalue weighted by atomic mass is 10.1. The topological polar surface area (TPSA) is 118 Å². The highest BCUT2D eigenvalue weighted by molar-refractivity contribution is 7.53. The molecule has 0 saturated heterocycles. The average Bonchev–Trinajstić information content (AvgIpc) is 3.23. The van der Waals surface area contributed by atoms with Crippen LogP contribution in [0.3, 0.4) is 0 Å². The molecule has 0 N–H and O–H groups in total. The number of alkyl halides is 1. The van der Waals surface area contributed by atoms with Gasteiger partial charge in [0, 0.05) is 6.42 Å². The molecule has 1 rings (SSSR count). The highest BCUT2D eigenvalue weighted by atomic mass is 31.2. The van der Waals surface area contributed by atoms with E-state index in [0.717, 1.165) is 7.11 Å². The molecule has 0 aromatic rings. The number of hydrogen-bond acceptors (Lipinski definition) is 9. The Kier molecular flexibility index (Phi) is 9.13. The lowest BCUT2D eigenvalue weighted by molar-refractivity contribution is -0.150. The number of carbonyl (C=O) groups excluding carboxylic acids is 3. The molecule has 1 fully saturated rings. The fourth-order valence-electron chi connectivity index (χ4n) is 3.33. The van der Waals surface area contributed by atoms with Gasteiger partial charge < -0.3 is 23.3 Å². The number of nitrogens with zero attached hydrogens (tertiary/aromatic N) is 1. The summed E-state index contributed by atoms with van der Waals surface area (Å²) in [4.78, 5) is 39.2. The third-order valence-electron chi connectivity index (χ3n) is 4.64. The molecule has 2 amide bonds. The Hall–Kier alpha value is -1.71. The number of amides is 2. The van der Waals surface area contributed by atoms with Crippen LogP contribution in [0.1, 0.15) is 68.2 Å². The summed E-state index contributed by atoms with van der Waals surface area (Å²) in [6.07, 6.45) is -3.98. The summed E-state index contributed by atoms with van der Waals surface area (Å²) >= 11 is 0. The standard InChI is InChI=1S/C21H37FNO9P/c1-10-29-33(27,30-11-2)13-12-20(22)14-21(20,15(24)28-9)23(16(25)31-18(3,4)5)17(26)32-19(6,7)8/h10-14H2,1-9H3/t20-,21+/m0/s1. The molecule has 1 aliphatic rings. The Morgan fingerprint density at radius 1 is 0.939 bits per heavy atom. The summed E-state index contributed by atoms with van der Waals surface area (Å²) in [5.41, 5.74) is -6.92. The van der Waals surface area contributed by atoms with Crippen molar-refractivity contribution in [2.45, 2.75) is 90.6 Å². The second kappa shape index (κ2) is 10.3. The third-order valence-corrected chi connectivity index (χ3v) is 6.72. The summed E-state index contributed by atoms with van der Waals surface area (Å²) in [6.45, 7) is 12.7. The van der Waals surface area contributed by atoms with Crippen molar-refractivity contribution in [2.75, 3.05) is 26.5 Å². The van der Waals surface area contributed by atoms with Gasteiger partial charge in [-0.3, -0.25) is 4.57 Å². The number of hydrogen-bond donors (Lipinski definition) is 0. The van der Waals surface area contributed by atoms with E-state index in [4.69, 9.17) is 23.3 Å². The van der Waals surface area contributed by atoms with Gasteiger partial charge in [0.25, 0.3) is 0 Å². The van der Waals surface area contributed by atoms with Crippen LogP contribution >= 0.6 is 7.60 Å². The minimum Gasteiger partial charge on any atom is -0.467 e. The maximum Gasteiger partial charge on any atom is 0.420 e. The van der Waals surface area contributed by atoms with Gasteiger partial charge in [0.2, 0.25) is 0 Å². The van der Waals surface area contributed by atoms with Crippen molar-refractivity contribution >= 4 is 25.8 Å². The Labute approximate surface area is 194 Å². The maximum absolute atomic E-state index is 16.1. The van der Waals surface area contributed by atoms with Crippen LogP contribution in [0.15, 0.2) is 0 Å². The third kappa shape index (κ3) is 7.13. The zero-order chi connectivity index (χ0) is 25.9. The monoisotopic (exact) mass is 497 g/mol. The van der Waals surface area contributed by atoms with Gasteiger partial charge in [0.05, 0.1) is 26.5 Å². The van der Waals surface area contributed by atoms with Gasteiger partial charge in [-0.1, -0.05) is 0 Å². The van der Waals surface area contributed by atoms with Crippen molar-refractivity contribution in [3.8, 4) is 0 Å². The van der Waals surface area contributed by atoms with E-state index in [1.807, 2.05) is 0 Å². The van der Waals surface area contributed by atoms with Gasteiger partial charge in [-0.2, -0.15) is 4.90 Å². The molecule has 2 atom stereocenters. The molecule has 0 heterocycles. The first kappa shape index (κ1) is 29.3. The second-order valence-electron chi connectivity index (χ2n) is 9.71. The molecule has 0 aromatic heterocycles. The largest absolute Gasteiger partial charge is 0.467 e. The SMILES string of the molecule is CCOP(=O)(CC[C@]1(F)C[C@]1(C(=O)OC)N(C(=O)OC(C)(C)C)C(=O)OC(C)(C)C)OCC. The molecule has 0 aromatic carbocycles. The molecule has 0 spiro atoms. The van der Waals surface area contributed by atoms with E-state index in [1.165, 1.54) is 0 Å². The number of carbonyl (C=O) groups is 3. The number of esters is 1. The van der Waals surface area contributed by atoms with E-state index in [0.29, 0.717) is 4.90 Å². The number of ether oxygens (including phenoxy) is 3. The van der Waals surface area contributed by atoms with Crippen molar-refractivity contribution in [3.63, 3.8) is 0 Å². The van der Waals surface area contributed by atoms with Gasteiger partial charge in [0.15, 0.2) is 5.54 Å². The van der Waals surface area contributed by atoms with Gasteiger partial charge in [-0.15, -0.1) is 0 Å². The van der Waals surface area contributed by atoms with Crippen LogP contribution in [0.2, 0.25) is 0 Å². The van der Waals surface area contributed by atoms with Gasteiger partial charge in [-0.25, -0.2) is 18.8 Å². The average molecular weight is 497 g/mol. The summed E-state index contributed by atoms with van der Waals surface area (Å²) in [6, 6.07) is 0. The van der Waals surface area contributed by atoms with Crippen molar-refractivity contribution in [2.24, 2.45) is 0 Å². The summed E-state index contributed by atoms with van der Waals surface area (Å²) in [5.74, 6) is -1.16. The summed E-state index contributed by atoms with van der Waals surface area (Å²) in [5, 5.41) is 0. The van der Waals surface area contributed by atoms with E-state index in [9.17, 15) is 18.9 Å². The molecule has 1 saturated carbocycles. The maximum atomic E-state index is 16.1. The molecule has 10 nitrogen and oxygen atoms in total. The molecule has 0 aliphatic heterocycles. The van der Waals surface area contributed by atoms with Crippen LogP contribution in [0.4, 0.5) is 14.0 Å². The first-order chi connectivity index (χ1) is 14.9. The van der Waals surface area contributed by atoms with E-state index in [1.54, 1.807) is 55.4 Å². The van der Waals surface area contributed by atoms with E-state index in [-0.39, 0.29) is 19.4 Å². The Balaban J connectivity index is 3.42. The van der Waals surface area contributed by atoms with E-state index < -0.39 is 61.0 Å². The molecular formula is C21H37FNO9P. The zero-order valence-corrected chi connectivity index (χ0v) is 21.9. The van der Waals surface area contributed by atoms with Crippen molar-refractivity contribution in [1.29, 1.82) is 0 Å². The Morgan fingerprint density at radius 3 is 1.70 bits per heavy atom. The molecule has 0 radical (unpaired) electrons. The molecule has 0 unspecified atom stereocenters. The number of methoxy groups -OCH3 is 1. The fraction of sp³-hybridized carbons (Fsp3) is 0.857. The predicted molar refractivity (Wildman–Crippen MR) is 118 cm³/mol. The number of imide groups is 1. The van der Waals surface area contributed by atoms with Crippen LogP contribution in [-0.4, -0.2) is 72.0 Å². The minimum atomic E-state index is -3.66. The van der Waals surface area contributed by atoms with Crippen LogP contribution < -0.4 is 0 Å². The quantitative estimate of drug-likeness (QED) is 0.250. The first-order valence-electron chi connectivity index (χ1n) is 10.8. The van der Waals surface area contributed by atoms with Crippen molar-refractivity contribution in [3.05, 3.63) is 0 Å². The summed E-state index contributed by atoms with van der Waals surface area (Å²) < 4.78 is 54.7. The lowest BCUT2D eigenvalue weighted by Crippen LogP contribution is -2.57. The minimum absolute atomic E-state index is 0.0701. The molecule has 1 aliphatic carbocycles. The molecule has 192 valence electrons. The van der Waals surface area contributed by atoms with Gasteiger partial charge in [0.1, 0.15) is 16.9 Å². The first-order valence-corrected chi connectivity index (χ1v) is 12.5. The lowest BCUT2D eigenvalue weighted by Gasteiger charge is -2.33. The van der Waals surface area contributed by atoms with E-state index >= 15 is 4.39 Å². The molecule has 33 heavy (non-hydrogen) atoms. The van der Waals surface area contributed by atoms with Crippen LogP contribution in [0.25, 0.3) is 0 Å². The van der Waals surface area contributed by atoms with Gasteiger partial charge in [-0.05, 0) is 61.8 Å². The molecule has 12 heteroatoms. The van der Waals surface area contributed by atoms with Crippen molar-refractivity contribution < 1.29 is 46.6 Å². The number of rotatable bonds is 9. The highest BCUT2D eigenvalue weighted by Crippen LogP contribution is 2.62.